The number of halogens is 3. The molecule has 0 saturated heterocycles. The largest absolute Gasteiger partial charge is 0.458 e. The van der Waals surface area contributed by atoms with Crippen LogP contribution < -0.4 is 0 Å². The van der Waals surface area contributed by atoms with E-state index in [1.807, 2.05) is 0 Å². The van der Waals surface area contributed by atoms with Crippen molar-refractivity contribution in [3.05, 3.63) is 69.9 Å². The van der Waals surface area contributed by atoms with E-state index in [0.717, 1.165) is 6.07 Å². The van der Waals surface area contributed by atoms with Crippen LogP contribution in [-0.2, 0) is 0 Å². The second-order valence-corrected chi connectivity index (χ2v) is 5.21. The zero-order chi connectivity index (χ0) is 15.1. The minimum Gasteiger partial charge on any atom is -0.458 e. The Hall–Kier alpha value is -1.91. The molecule has 2 aromatic carbocycles. The van der Waals surface area contributed by atoms with E-state index < -0.39 is 17.7 Å². The summed E-state index contributed by atoms with van der Waals surface area (Å²) in [4.78, 5) is 0. The molecule has 0 aliphatic carbocycles. The van der Waals surface area contributed by atoms with Gasteiger partial charge in [0.15, 0.2) is 0 Å². The first-order valence-corrected chi connectivity index (χ1v) is 6.66. The maximum atomic E-state index is 13.3. The SMILES string of the molecule is Cc1c(C(O)c2cc(F)ccc2Cl)oc2ccc(F)cc12. The number of aliphatic hydroxyl groups is 1. The van der Waals surface area contributed by atoms with Gasteiger partial charge in [-0.3, -0.25) is 0 Å². The van der Waals surface area contributed by atoms with E-state index >= 15 is 0 Å². The second-order valence-electron chi connectivity index (χ2n) is 4.80. The van der Waals surface area contributed by atoms with E-state index in [0.29, 0.717) is 16.5 Å². The first-order valence-electron chi connectivity index (χ1n) is 6.29. The van der Waals surface area contributed by atoms with Crippen LogP contribution in [0.15, 0.2) is 40.8 Å². The highest BCUT2D eigenvalue weighted by Gasteiger charge is 2.22. The van der Waals surface area contributed by atoms with Gasteiger partial charge in [0.25, 0.3) is 0 Å². The number of hydrogen-bond donors (Lipinski definition) is 1. The molecule has 1 aromatic heterocycles. The molecule has 5 heteroatoms. The Morgan fingerprint density at radius 3 is 2.52 bits per heavy atom. The van der Waals surface area contributed by atoms with Crippen LogP contribution in [0.4, 0.5) is 8.78 Å². The van der Waals surface area contributed by atoms with Crippen LogP contribution in [0.2, 0.25) is 5.02 Å². The van der Waals surface area contributed by atoms with Gasteiger partial charge in [-0.2, -0.15) is 0 Å². The summed E-state index contributed by atoms with van der Waals surface area (Å²) in [6.07, 6.45) is -1.22. The van der Waals surface area contributed by atoms with Crippen molar-refractivity contribution >= 4 is 22.6 Å². The molecule has 108 valence electrons. The van der Waals surface area contributed by atoms with E-state index in [1.54, 1.807) is 6.92 Å². The van der Waals surface area contributed by atoms with Gasteiger partial charge in [0, 0.05) is 21.5 Å². The fourth-order valence-electron chi connectivity index (χ4n) is 2.34. The highest BCUT2D eigenvalue weighted by Crippen LogP contribution is 2.35. The van der Waals surface area contributed by atoms with Crippen LogP contribution in [0.3, 0.4) is 0 Å². The zero-order valence-electron chi connectivity index (χ0n) is 11.0. The van der Waals surface area contributed by atoms with Crippen molar-refractivity contribution in [2.75, 3.05) is 0 Å². The molecule has 0 amide bonds. The predicted octanol–water partition coefficient (Wildman–Crippen LogP) is 4.75. The van der Waals surface area contributed by atoms with Crippen molar-refractivity contribution < 1.29 is 18.3 Å². The molecule has 0 aliphatic heterocycles. The first kappa shape index (κ1) is 14.0. The molecule has 3 rings (SSSR count). The number of aryl methyl sites for hydroxylation is 1. The number of rotatable bonds is 2. The van der Waals surface area contributed by atoms with Crippen LogP contribution in [-0.4, -0.2) is 5.11 Å². The van der Waals surface area contributed by atoms with Crippen LogP contribution in [0.1, 0.15) is 23.0 Å². The predicted molar refractivity (Wildman–Crippen MR) is 76.4 cm³/mol. The summed E-state index contributed by atoms with van der Waals surface area (Å²) >= 11 is 5.99. The number of benzene rings is 2. The van der Waals surface area contributed by atoms with Gasteiger partial charge in [-0.1, -0.05) is 11.6 Å². The molecule has 3 aromatic rings. The number of hydrogen-bond acceptors (Lipinski definition) is 2. The zero-order valence-corrected chi connectivity index (χ0v) is 11.8. The number of fused-ring (bicyclic) bond motifs is 1. The fraction of sp³-hybridized carbons (Fsp3) is 0.125. The molecule has 1 atom stereocenters. The summed E-state index contributed by atoms with van der Waals surface area (Å²) in [5.41, 5.74) is 1.26. The van der Waals surface area contributed by atoms with Crippen molar-refractivity contribution in [3.63, 3.8) is 0 Å². The average Bonchev–Trinajstić information content (AvgIpc) is 2.78. The highest BCUT2D eigenvalue weighted by molar-refractivity contribution is 6.31. The van der Waals surface area contributed by atoms with Gasteiger partial charge in [-0.25, -0.2) is 8.78 Å². The Morgan fingerprint density at radius 1 is 1.10 bits per heavy atom. The Kier molecular flexibility index (Phi) is 3.43. The third-order valence-corrected chi connectivity index (χ3v) is 3.78. The van der Waals surface area contributed by atoms with Crippen molar-refractivity contribution in [2.24, 2.45) is 0 Å². The molecule has 2 nitrogen and oxygen atoms in total. The van der Waals surface area contributed by atoms with Crippen molar-refractivity contribution in [1.82, 2.24) is 0 Å². The minimum atomic E-state index is -1.22. The van der Waals surface area contributed by atoms with Crippen LogP contribution in [0.5, 0.6) is 0 Å². The topological polar surface area (TPSA) is 33.4 Å². The summed E-state index contributed by atoms with van der Waals surface area (Å²) < 4.78 is 32.2. The monoisotopic (exact) mass is 308 g/mol. The standard InChI is InChI=1S/C16H11ClF2O2/c1-8-11-6-10(19)3-5-14(11)21-16(8)15(20)12-7-9(18)2-4-13(12)17/h2-7,15,20H,1H3. The minimum absolute atomic E-state index is 0.208. The second kappa shape index (κ2) is 5.13. The Labute approximate surface area is 124 Å². The van der Waals surface area contributed by atoms with Crippen molar-refractivity contribution in [1.29, 1.82) is 0 Å². The van der Waals surface area contributed by atoms with Gasteiger partial charge in [0.05, 0.1) is 0 Å². The summed E-state index contributed by atoms with van der Waals surface area (Å²) in [5.74, 6) is -0.674. The van der Waals surface area contributed by atoms with Crippen molar-refractivity contribution in [3.8, 4) is 0 Å². The molecule has 21 heavy (non-hydrogen) atoms. The van der Waals surface area contributed by atoms with E-state index in [2.05, 4.69) is 0 Å². The summed E-state index contributed by atoms with van der Waals surface area (Å²) in [5, 5.41) is 11.2. The lowest BCUT2D eigenvalue weighted by molar-refractivity contribution is 0.191. The van der Waals surface area contributed by atoms with Crippen LogP contribution in [0, 0.1) is 18.6 Å². The van der Waals surface area contributed by atoms with Gasteiger partial charge in [0.1, 0.15) is 29.1 Å². The Bertz CT molecular complexity index is 827. The molecule has 0 bridgehead atoms. The summed E-state index contributed by atoms with van der Waals surface area (Å²) in [6, 6.07) is 7.82. The van der Waals surface area contributed by atoms with E-state index in [1.165, 1.54) is 30.3 Å². The lowest BCUT2D eigenvalue weighted by atomic mass is 10.0. The molecule has 0 spiro atoms. The molecule has 1 unspecified atom stereocenters. The van der Waals surface area contributed by atoms with E-state index in [-0.39, 0.29) is 16.3 Å². The lowest BCUT2D eigenvalue weighted by Crippen LogP contribution is -2.01. The fourth-order valence-corrected chi connectivity index (χ4v) is 2.56. The molecule has 0 saturated carbocycles. The lowest BCUT2D eigenvalue weighted by Gasteiger charge is -2.11. The van der Waals surface area contributed by atoms with Crippen molar-refractivity contribution in [2.45, 2.75) is 13.0 Å². The summed E-state index contributed by atoms with van der Waals surface area (Å²) in [7, 11) is 0. The quantitative estimate of drug-likeness (QED) is 0.741. The third-order valence-electron chi connectivity index (χ3n) is 3.44. The van der Waals surface area contributed by atoms with Gasteiger partial charge < -0.3 is 9.52 Å². The first-order chi connectivity index (χ1) is 9.97. The van der Waals surface area contributed by atoms with Gasteiger partial charge in [-0.05, 0) is 43.3 Å². The molecule has 1 heterocycles. The number of aliphatic hydroxyl groups excluding tert-OH is 1. The van der Waals surface area contributed by atoms with Crippen LogP contribution >= 0.6 is 11.6 Å². The van der Waals surface area contributed by atoms with Gasteiger partial charge in [-0.15, -0.1) is 0 Å². The molecule has 0 aliphatic rings. The highest BCUT2D eigenvalue weighted by atomic mass is 35.5. The van der Waals surface area contributed by atoms with E-state index in [4.69, 9.17) is 16.0 Å². The van der Waals surface area contributed by atoms with Crippen LogP contribution in [0.25, 0.3) is 11.0 Å². The van der Waals surface area contributed by atoms with E-state index in [9.17, 15) is 13.9 Å². The molecule has 0 radical (unpaired) electrons. The third kappa shape index (κ3) is 2.41. The average molecular weight is 309 g/mol. The maximum absolute atomic E-state index is 13.3. The normalized spacial score (nSPS) is 12.8. The summed E-state index contributed by atoms with van der Waals surface area (Å²) in [6.45, 7) is 1.71. The Balaban J connectivity index is 2.15. The molecule has 1 N–H and O–H groups in total. The van der Waals surface area contributed by atoms with Gasteiger partial charge >= 0.3 is 0 Å². The smallest absolute Gasteiger partial charge is 0.141 e. The Morgan fingerprint density at radius 2 is 1.76 bits per heavy atom. The van der Waals surface area contributed by atoms with Gasteiger partial charge in [0.2, 0.25) is 0 Å². The molecule has 0 fully saturated rings. The maximum Gasteiger partial charge on any atom is 0.141 e. The molecular weight excluding hydrogens is 298 g/mol. The molecular formula is C16H11ClF2O2. The number of furan rings is 1.